The molecule has 0 saturated carbocycles. The van der Waals surface area contributed by atoms with Crippen LogP contribution in [0, 0.1) is 0 Å². The maximum Gasteiger partial charge on any atom is 0.321 e. The van der Waals surface area contributed by atoms with Crippen LogP contribution in [0.25, 0.3) is 5.69 Å². The van der Waals surface area contributed by atoms with Gasteiger partial charge in [-0.05, 0) is 36.4 Å². The van der Waals surface area contributed by atoms with E-state index in [9.17, 15) is 9.59 Å². The fourth-order valence-corrected chi connectivity index (χ4v) is 3.51. The molecule has 2 N–H and O–H groups in total. The van der Waals surface area contributed by atoms with Gasteiger partial charge in [-0.2, -0.15) is 0 Å². The molecule has 7 nitrogen and oxygen atoms in total. The van der Waals surface area contributed by atoms with Gasteiger partial charge >= 0.3 is 6.03 Å². The molecule has 1 aliphatic heterocycles. The first-order valence-electron chi connectivity index (χ1n) is 9.04. The molecule has 0 aliphatic carbocycles. The largest absolute Gasteiger partial charge is 0.496 e. The molecule has 4 rings (SSSR count). The van der Waals surface area contributed by atoms with E-state index >= 15 is 0 Å². The second-order valence-electron chi connectivity index (χ2n) is 6.48. The molecular formula is C21H19ClN4O3. The lowest BCUT2D eigenvalue weighted by Crippen LogP contribution is -2.27. The number of carbonyl (C=O) groups excluding carboxylic acids is 2. The SMILES string of the molecule is COc1cc(-n2cccc2)c(Cl)cc1C(=O)Nc1cccc(N2CCNC2=O)c1. The molecule has 3 aromatic rings. The van der Waals surface area contributed by atoms with Crippen molar-refractivity contribution in [1.82, 2.24) is 9.88 Å². The van der Waals surface area contributed by atoms with Gasteiger partial charge in [-0.3, -0.25) is 9.69 Å². The first kappa shape index (κ1) is 18.9. The number of rotatable bonds is 5. The number of urea groups is 1. The second kappa shape index (κ2) is 7.89. The predicted octanol–water partition coefficient (Wildman–Crippen LogP) is 3.92. The summed E-state index contributed by atoms with van der Waals surface area (Å²) in [5.41, 5.74) is 2.32. The zero-order valence-corrected chi connectivity index (χ0v) is 16.4. The molecule has 29 heavy (non-hydrogen) atoms. The van der Waals surface area contributed by atoms with E-state index in [1.165, 1.54) is 7.11 Å². The lowest BCUT2D eigenvalue weighted by molar-refractivity contribution is 0.102. The van der Waals surface area contributed by atoms with Crippen LogP contribution in [0.15, 0.2) is 60.9 Å². The van der Waals surface area contributed by atoms with Crippen molar-refractivity contribution in [3.05, 3.63) is 71.5 Å². The van der Waals surface area contributed by atoms with Crippen molar-refractivity contribution in [2.75, 3.05) is 30.4 Å². The Morgan fingerprint density at radius 1 is 1.17 bits per heavy atom. The van der Waals surface area contributed by atoms with E-state index in [4.69, 9.17) is 16.3 Å². The molecule has 148 valence electrons. The maximum atomic E-state index is 12.9. The van der Waals surface area contributed by atoms with E-state index in [1.54, 1.807) is 35.2 Å². The van der Waals surface area contributed by atoms with E-state index in [2.05, 4.69) is 10.6 Å². The smallest absolute Gasteiger partial charge is 0.321 e. The minimum Gasteiger partial charge on any atom is -0.496 e. The van der Waals surface area contributed by atoms with Crippen molar-refractivity contribution >= 4 is 34.9 Å². The molecule has 0 atom stereocenters. The van der Waals surface area contributed by atoms with Gasteiger partial charge in [-0.1, -0.05) is 17.7 Å². The van der Waals surface area contributed by atoms with Crippen molar-refractivity contribution in [2.24, 2.45) is 0 Å². The van der Waals surface area contributed by atoms with Crippen LogP contribution in [-0.4, -0.2) is 36.7 Å². The Morgan fingerprint density at radius 3 is 2.66 bits per heavy atom. The maximum absolute atomic E-state index is 12.9. The van der Waals surface area contributed by atoms with E-state index < -0.39 is 0 Å². The van der Waals surface area contributed by atoms with Gasteiger partial charge < -0.3 is 19.9 Å². The minimum absolute atomic E-state index is 0.150. The highest BCUT2D eigenvalue weighted by molar-refractivity contribution is 6.33. The van der Waals surface area contributed by atoms with Crippen molar-refractivity contribution in [2.45, 2.75) is 0 Å². The standard InChI is InChI=1S/C21H19ClN4O3/c1-29-19-13-18(25-8-2-3-9-25)17(22)12-16(19)20(27)24-14-5-4-6-15(11-14)26-10-7-23-21(26)28/h2-6,8-9,11-13H,7,10H2,1H3,(H,23,28)(H,24,27). The summed E-state index contributed by atoms with van der Waals surface area (Å²) >= 11 is 6.42. The molecule has 1 fully saturated rings. The van der Waals surface area contributed by atoms with E-state index in [0.717, 1.165) is 0 Å². The molecule has 8 heteroatoms. The number of methoxy groups -OCH3 is 1. The first-order valence-corrected chi connectivity index (χ1v) is 9.42. The van der Waals surface area contributed by atoms with Gasteiger partial charge in [0, 0.05) is 42.9 Å². The van der Waals surface area contributed by atoms with Crippen LogP contribution in [0.3, 0.4) is 0 Å². The van der Waals surface area contributed by atoms with Crippen LogP contribution in [0.4, 0.5) is 16.2 Å². The molecule has 1 saturated heterocycles. The van der Waals surface area contributed by atoms with E-state index in [-0.39, 0.29) is 11.9 Å². The second-order valence-corrected chi connectivity index (χ2v) is 6.89. The van der Waals surface area contributed by atoms with Crippen molar-refractivity contribution in [3.8, 4) is 11.4 Å². The van der Waals surface area contributed by atoms with Crippen LogP contribution < -0.4 is 20.3 Å². The van der Waals surface area contributed by atoms with Gasteiger partial charge in [0.15, 0.2) is 0 Å². The Morgan fingerprint density at radius 2 is 1.97 bits per heavy atom. The summed E-state index contributed by atoms with van der Waals surface area (Å²) in [4.78, 5) is 26.4. The number of amides is 3. The number of hydrogen-bond acceptors (Lipinski definition) is 3. The molecule has 3 amide bonds. The summed E-state index contributed by atoms with van der Waals surface area (Å²) in [5, 5.41) is 6.03. The van der Waals surface area contributed by atoms with Gasteiger partial charge in [0.1, 0.15) is 5.75 Å². The molecule has 1 aromatic heterocycles. The highest BCUT2D eigenvalue weighted by Gasteiger charge is 2.22. The fraction of sp³-hybridized carbons (Fsp3) is 0.143. The van der Waals surface area contributed by atoms with Crippen molar-refractivity contribution in [1.29, 1.82) is 0 Å². The average Bonchev–Trinajstić information content (AvgIpc) is 3.39. The number of carbonyl (C=O) groups is 2. The van der Waals surface area contributed by atoms with Gasteiger partial charge in [-0.25, -0.2) is 4.79 Å². The summed E-state index contributed by atoms with van der Waals surface area (Å²) in [5.74, 6) is 0.0523. The fourth-order valence-electron chi connectivity index (χ4n) is 3.25. The molecule has 0 radical (unpaired) electrons. The number of halogens is 1. The summed E-state index contributed by atoms with van der Waals surface area (Å²) in [6.07, 6.45) is 3.72. The van der Waals surface area contributed by atoms with Gasteiger partial charge in [0.2, 0.25) is 0 Å². The first-order chi connectivity index (χ1) is 14.1. The van der Waals surface area contributed by atoms with Crippen molar-refractivity contribution < 1.29 is 14.3 Å². The number of benzene rings is 2. The summed E-state index contributed by atoms with van der Waals surface area (Å²) in [7, 11) is 1.51. The molecule has 0 unspecified atom stereocenters. The highest BCUT2D eigenvalue weighted by atomic mass is 35.5. The molecule has 0 bridgehead atoms. The Labute approximate surface area is 172 Å². The number of nitrogens with one attached hydrogen (secondary N) is 2. The topological polar surface area (TPSA) is 75.6 Å². The van der Waals surface area contributed by atoms with Crippen molar-refractivity contribution in [3.63, 3.8) is 0 Å². The van der Waals surface area contributed by atoms with Crippen LogP contribution in [0.2, 0.25) is 5.02 Å². The lowest BCUT2D eigenvalue weighted by Gasteiger charge is -2.16. The number of ether oxygens (including phenoxy) is 1. The third-order valence-corrected chi connectivity index (χ3v) is 4.97. The van der Waals surface area contributed by atoms with Crippen LogP contribution in [0.5, 0.6) is 5.75 Å². The van der Waals surface area contributed by atoms with Gasteiger partial charge in [0.25, 0.3) is 5.91 Å². The Hall–Kier alpha value is -3.45. The van der Waals surface area contributed by atoms with Crippen LogP contribution >= 0.6 is 11.6 Å². The molecule has 2 heterocycles. The number of anilines is 2. The zero-order chi connectivity index (χ0) is 20.4. The lowest BCUT2D eigenvalue weighted by atomic mass is 10.1. The Bertz CT molecular complexity index is 1070. The number of nitrogens with zero attached hydrogens (tertiary/aromatic N) is 2. The van der Waals surface area contributed by atoms with E-state index in [0.29, 0.717) is 46.5 Å². The number of hydrogen-bond donors (Lipinski definition) is 2. The summed E-state index contributed by atoms with van der Waals surface area (Å²) < 4.78 is 7.27. The van der Waals surface area contributed by atoms with Gasteiger partial charge in [0.05, 0.1) is 23.4 Å². The van der Waals surface area contributed by atoms with Crippen LogP contribution in [0.1, 0.15) is 10.4 Å². The summed E-state index contributed by atoms with van der Waals surface area (Å²) in [6, 6.07) is 14.1. The quantitative estimate of drug-likeness (QED) is 0.669. The summed E-state index contributed by atoms with van der Waals surface area (Å²) in [6.45, 7) is 1.18. The minimum atomic E-state index is -0.356. The normalized spacial score (nSPS) is 13.3. The highest BCUT2D eigenvalue weighted by Crippen LogP contribution is 2.31. The average molecular weight is 411 g/mol. The zero-order valence-electron chi connectivity index (χ0n) is 15.7. The predicted molar refractivity (Wildman–Crippen MR) is 112 cm³/mol. The molecule has 0 spiro atoms. The number of aromatic nitrogens is 1. The van der Waals surface area contributed by atoms with E-state index in [1.807, 2.05) is 35.2 Å². The Balaban J connectivity index is 1.60. The molecule has 1 aliphatic rings. The van der Waals surface area contributed by atoms with Crippen LogP contribution in [-0.2, 0) is 0 Å². The third kappa shape index (κ3) is 3.77. The monoisotopic (exact) mass is 410 g/mol. The van der Waals surface area contributed by atoms with Gasteiger partial charge in [-0.15, -0.1) is 0 Å². The molecular weight excluding hydrogens is 392 g/mol. The Kier molecular flexibility index (Phi) is 5.14. The third-order valence-electron chi connectivity index (χ3n) is 4.67. The molecule has 2 aromatic carbocycles.